The van der Waals surface area contributed by atoms with Crippen LogP contribution in [0.4, 0.5) is 0 Å². The molecular formula is C41H47N3O8. The molecule has 52 heavy (non-hydrogen) atoms. The van der Waals surface area contributed by atoms with E-state index in [0.717, 1.165) is 50.2 Å². The van der Waals surface area contributed by atoms with Gasteiger partial charge in [0.1, 0.15) is 0 Å². The van der Waals surface area contributed by atoms with Crippen LogP contribution in [0.3, 0.4) is 0 Å². The van der Waals surface area contributed by atoms with Gasteiger partial charge in [-0.1, -0.05) is 60.7 Å². The summed E-state index contributed by atoms with van der Waals surface area (Å²) >= 11 is 0. The summed E-state index contributed by atoms with van der Waals surface area (Å²) in [5.41, 5.74) is 9.72. The molecular weight excluding hydrogens is 662 g/mol. The van der Waals surface area contributed by atoms with Gasteiger partial charge in [0.05, 0.1) is 50.7 Å². The molecule has 11 heteroatoms. The molecule has 0 aliphatic heterocycles. The molecule has 0 spiro atoms. The third kappa shape index (κ3) is 11.3. The number of nitrogens with one attached hydrogen (secondary N) is 1. The molecule has 0 amide bonds. The molecule has 11 nitrogen and oxygen atoms in total. The van der Waals surface area contributed by atoms with E-state index in [1.807, 2.05) is 60.7 Å². The van der Waals surface area contributed by atoms with Crippen LogP contribution < -0.4 is 14.8 Å². The predicted octanol–water partition coefficient (Wildman–Crippen LogP) is 6.20. The van der Waals surface area contributed by atoms with Crippen molar-refractivity contribution in [3.63, 3.8) is 0 Å². The molecule has 2 aromatic carbocycles. The number of ether oxygens (including phenoxy) is 2. The summed E-state index contributed by atoms with van der Waals surface area (Å²) in [4.78, 5) is 30.9. The van der Waals surface area contributed by atoms with Crippen molar-refractivity contribution < 1.29 is 39.5 Å². The van der Waals surface area contributed by atoms with Gasteiger partial charge in [0.2, 0.25) is 11.8 Å². The largest absolute Gasteiger partial charge is 0.481 e. The number of carboxylic acid groups (broad SMARTS) is 2. The average Bonchev–Trinajstić information content (AvgIpc) is 3.11. The number of carboxylic acids is 2. The highest BCUT2D eigenvalue weighted by Crippen LogP contribution is 2.32. The van der Waals surface area contributed by atoms with Gasteiger partial charge in [0.25, 0.3) is 0 Å². The Hall–Kier alpha value is -5.36. The first kappa shape index (κ1) is 39.4. The first-order valence-electron chi connectivity index (χ1n) is 17.1. The molecule has 0 radical (unpaired) electrons. The van der Waals surface area contributed by atoms with Crippen LogP contribution in [0, 0.1) is 13.8 Å². The van der Waals surface area contributed by atoms with Crippen molar-refractivity contribution in [3.8, 4) is 22.9 Å². The SMILES string of the molecule is COc1nc(/C=C/c2cccc(-c3cccc(/C=C/c4ccc(CNC[C@@H](O)CC(=O)O)c(OC)n4)c3C)c2C)ccc1CCC[C@@H](O)CC(=O)O. The summed E-state index contributed by atoms with van der Waals surface area (Å²) in [5, 5.41) is 40.4. The molecule has 0 saturated heterocycles. The maximum atomic E-state index is 10.8. The molecule has 0 fully saturated rings. The molecule has 4 aromatic rings. The number of aliphatic hydroxyl groups is 2. The quantitative estimate of drug-likeness (QED) is 0.0751. The molecule has 0 bridgehead atoms. The third-order valence-corrected chi connectivity index (χ3v) is 8.72. The lowest BCUT2D eigenvalue weighted by Gasteiger charge is -2.14. The van der Waals surface area contributed by atoms with Gasteiger partial charge in [-0.2, -0.15) is 0 Å². The van der Waals surface area contributed by atoms with Crippen molar-refractivity contribution in [3.05, 3.63) is 105 Å². The second-order valence-corrected chi connectivity index (χ2v) is 12.5. The van der Waals surface area contributed by atoms with Gasteiger partial charge in [-0.05, 0) is 90.8 Å². The number of aliphatic hydroxyl groups excluding tert-OH is 2. The highest BCUT2D eigenvalue weighted by Gasteiger charge is 2.13. The zero-order valence-corrected chi connectivity index (χ0v) is 30.0. The molecule has 274 valence electrons. The Labute approximate surface area is 304 Å². The number of aromatic nitrogens is 2. The van der Waals surface area contributed by atoms with E-state index in [0.29, 0.717) is 43.3 Å². The number of methoxy groups -OCH3 is 2. The van der Waals surface area contributed by atoms with Crippen molar-refractivity contribution in [1.82, 2.24) is 15.3 Å². The standard InChI is InChI=1S/C41H47N3O8/c1-26-28(14-18-32-20-16-30(40(43-32)51-3)10-5-11-34(45)22-38(47)48)8-6-12-36(26)37-13-7-9-29(27(37)2)15-19-33-21-17-31(41(44-33)52-4)24-42-25-35(46)23-39(49)50/h6-9,12-21,34-35,42,45-46H,5,10-11,22-25H2,1-4H3,(H,47,48)(H,49,50)/b18-14+,19-15+/t34-,35+/m1/s1. The summed E-state index contributed by atoms with van der Waals surface area (Å²) in [5.74, 6) is -1.11. The van der Waals surface area contributed by atoms with Gasteiger partial charge < -0.3 is 35.2 Å². The number of pyridine rings is 2. The Kier molecular flexibility index (Phi) is 14.6. The van der Waals surface area contributed by atoms with Gasteiger partial charge >= 0.3 is 11.9 Å². The highest BCUT2D eigenvalue weighted by molar-refractivity contribution is 5.81. The van der Waals surface area contributed by atoms with Gasteiger partial charge in [-0.3, -0.25) is 9.59 Å². The van der Waals surface area contributed by atoms with Gasteiger partial charge in [-0.25, -0.2) is 9.97 Å². The Morgan fingerprint density at radius 2 is 1.21 bits per heavy atom. The zero-order chi connectivity index (χ0) is 37.6. The van der Waals surface area contributed by atoms with Crippen LogP contribution in [-0.2, 0) is 22.6 Å². The number of rotatable bonds is 19. The van der Waals surface area contributed by atoms with Crippen LogP contribution in [0.1, 0.15) is 70.5 Å². The summed E-state index contributed by atoms with van der Waals surface area (Å²) < 4.78 is 11.0. The monoisotopic (exact) mass is 709 g/mol. The Bertz CT molecular complexity index is 1770. The van der Waals surface area contributed by atoms with E-state index in [1.165, 1.54) is 0 Å². The fraction of sp³-hybridized carbons (Fsp3) is 0.317. The number of hydrogen-bond acceptors (Lipinski definition) is 9. The second-order valence-electron chi connectivity index (χ2n) is 12.5. The van der Waals surface area contributed by atoms with Gasteiger partial charge in [0, 0.05) is 24.2 Å². The number of nitrogens with zero attached hydrogens (tertiary/aromatic N) is 2. The van der Waals surface area contributed by atoms with Crippen molar-refractivity contribution in [2.75, 3.05) is 20.8 Å². The summed E-state index contributed by atoms with van der Waals surface area (Å²) in [7, 11) is 3.12. The van der Waals surface area contributed by atoms with Crippen molar-refractivity contribution >= 4 is 36.2 Å². The van der Waals surface area contributed by atoms with E-state index in [9.17, 15) is 19.8 Å². The zero-order valence-electron chi connectivity index (χ0n) is 30.0. The third-order valence-electron chi connectivity index (χ3n) is 8.72. The fourth-order valence-corrected chi connectivity index (χ4v) is 5.91. The smallest absolute Gasteiger partial charge is 0.306 e. The maximum Gasteiger partial charge on any atom is 0.306 e. The summed E-state index contributed by atoms with van der Waals surface area (Å²) in [6.45, 7) is 4.71. The second kappa shape index (κ2) is 19.3. The van der Waals surface area contributed by atoms with E-state index >= 15 is 0 Å². The minimum Gasteiger partial charge on any atom is -0.481 e. The Morgan fingerprint density at radius 1 is 0.712 bits per heavy atom. The van der Waals surface area contributed by atoms with Crippen LogP contribution >= 0.6 is 0 Å². The molecule has 2 atom stereocenters. The molecule has 4 rings (SSSR count). The molecule has 2 heterocycles. The summed E-state index contributed by atoms with van der Waals surface area (Å²) in [6, 6.07) is 20.1. The van der Waals surface area contributed by atoms with Crippen molar-refractivity contribution in [2.24, 2.45) is 0 Å². The van der Waals surface area contributed by atoms with E-state index in [2.05, 4.69) is 53.4 Å². The van der Waals surface area contributed by atoms with Crippen LogP contribution in [0.2, 0.25) is 0 Å². The minimum absolute atomic E-state index is 0.139. The van der Waals surface area contributed by atoms with Crippen LogP contribution in [0.15, 0.2) is 60.7 Å². The number of hydrogen-bond donors (Lipinski definition) is 5. The van der Waals surface area contributed by atoms with Crippen LogP contribution in [0.25, 0.3) is 35.4 Å². The van der Waals surface area contributed by atoms with Crippen molar-refractivity contribution in [1.29, 1.82) is 0 Å². The highest BCUT2D eigenvalue weighted by atomic mass is 16.5. The lowest BCUT2D eigenvalue weighted by atomic mass is 9.91. The molecule has 0 saturated carbocycles. The first-order valence-corrected chi connectivity index (χ1v) is 17.1. The number of benzene rings is 2. The average molecular weight is 710 g/mol. The summed E-state index contributed by atoms with van der Waals surface area (Å²) in [6.07, 6.45) is 7.13. The molecule has 0 aliphatic rings. The lowest BCUT2D eigenvalue weighted by molar-refractivity contribution is -0.140. The predicted molar refractivity (Wildman–Crippen MR) is 202 cm³/mol. The van der Waals surface area contributed by atoms with E-state index < -0.39 is 24.1 Å². The Balaban J connectivity index is 1.46. The van der Waals surface area contributed by atoms with E-state index in [1.54, 1.807) is 14.2 Å². The number of aliphatic carboxylic acids is 2. The van der Waals surface area contributed by atoms with E-state index in [-0.39, 0.29) is 19.4 Å². The molecule has 0 unspecified atom stereocenters. The maximum absolute atomic E-state index is 10.8. The normalized spacial score (nSPS) is 12.7. The van der Waals surface area contributed by atoms with Crippen molar-refractivity contribution in [2.45, 2.75) is 64.7 Å². The number of carbonyl (C=O) groups is 2. The molecule has 2 aromatic heterocycles. The Morgan fingerprint density at radius 3 is 1.73 bits per heavy atom. The molecule has 0 aliphatic carbocycles. The van der Waals surface area contributed by atoms with E-state index in [4.69, 9.17) is 19.7 Å². The van der Waals surface area contributed by atoms with Crippen LogP contribution in [-0.4, -0.2) is 75.3 Å². The first-order chi connectivity index (χ1) is 25.0. The lowest BCUT2D eigenvalue weighted by Crippen LogP contribution is -2.28. The minimum atomic E-state index is -1.05. The number of aryl methyl sites for hydroxylation is 1. The fourth-order valence-electron chi connectivity index (χ4n) is 5.91. The van der Waals surface area contributed by atoms with Crippen LogP contribution in [0.5, 0.6) is 11.8 Å². The topological polar surface area (TPSA) is 171 Å². The van der Waals surface area contributed by atoms with Gasteiger partial charge in [-0.15, -0.1) is 0 Å². The molecule has 5 N–H and O–H groups in total. The van der Waals surface area contributed by atoms with Gasteiger partial charge in [0.15, 0.2) is 0 Å².